The molecule has 3 N–H and O–H groups in total. The zero-order chi connectivity index (χ0) is 13.8. The average molecular weight is 435 g/mol. The zero-order valence-electron chi connectivity index (χ0n) is 10.0. The van der Waals surface area contributed by atoms with Crippen molar-refractivity contribution in [2.24, 2.45) is 5.84 Å². The van der Waals surface area contributed by atoms with Crippen LogP contribution in [0, 0.1) is 9.39 Å². The molecule has 0 heterocycles. The van der Waals surface area contributed by atoms with Gasteiger partial charge in [-0.1, -0.05) is 24.3 Å². The summed E-state index contributed by atoms with van der Waals surface area (Å²) in [6.07, 6.45) is 0.620. The Labute approximate surface area is 133 Å². The van der Waals surface area contributed by atoms with Crippen molar-refractivity contribution >= 4 is 38.5 Å². The summed E-state index contributed by atoms with van der Waals surface area (Å²) in [5, 5.41) is 0. The van der Waals surface area contributed by atoms with Crippen molar-refractivity contribution in [3.05, 3.63) is 67.5 Å². The van der Waals surface area contributed by atoms with Crippen molar-refractivity contribution in [2.75, 3.05) is 0 Å². The molecule has 0 aliphatic heterocycles. The topological polar surface area (TPSA) is 38.0 Å². The molecule has 1 unspecified atom stereocenters. The number of nitrogens with two attached hydrogens (primary N) is 1. The zero-order valence-corrected chi connectivity index (χ0v) is 13.8. The van der Waals surface area contributed by atoms with Crippen LogP contribution < -0.4 is 11.3 Å². The van der Waals surface area contributed by atoms with Crippen LogP contribution in [0.5, 0.6) is 0 Å². The molecule has 0 radical (unpaired) electrons. The van der Waals surface area contributed by atoms with E-state index in [0.29, 0.717) is 10.9 Å². The van der Waals surface area contributed by atoms with Crippen LogP contribution in [-0.4, -0.2) is 0 Å². The summed E-state index contributed by atoms with van der Waals surface area (Å²) >= 11 is 5.54. The fourth-order valence-corrected chi connectivity index (χ4v) is 2.92. The van der Waals surface area contributed by atoms with Gasteiger partial charge in [0.1, 0.15) is 5.82 Å². The van der Waals surface area contributed by atoms with Crippen molar-refractivity contribution < 1.29 is 4.39 Å². The lowest BCUT2D eigenvalue weighted by atomic mass is 9.99. The molecule has 100 valence electrons. The average Bonchev–Trinajstić information content (AvgIpc) is 2.40. The third-order valence-corrected chi connectivity index (χ3v) is 4.47. The van der Waals surface area contributed by atoms with Gasteiger partial charge >= 0.3 is 0 Å². The summed E-state index contributed by atoms with van der Waals surface area (Å²) < 4.78 is 15.1. The van der Waals surface area contributed by atoms with Crippen molar-refractivity contribution in [3.63, 3.8) is 0 Å². The molecule has 2 aromatic rings. The van der Waals surface area contributed by atoms with E-state index < -0.39 is 0 Å². The maximum atomic E-state index is 13.5. The van der Waals surface area contributed by atoms with E-state index in [1.54, 1.807) is 6.07 Å². The van der Waals surface area contributed by atoms with Gasteiger partial charge in [0.2, 0.25) is 0 Å². The van der Waals surface area contributed by atoms with Gasteiger partial charge in [0.25, 0.3) is 0 Å². The molecule has 2 aromatic carbocycles. The Hall–Kier alpha value is -0.500. The van der Waals surface area contributed by atoms with Gasteiger partial charge in [-0.15, -0.1) is 0 Å². The highest BCUT2D eigenvalue weighted by Gasteiger charge is 2.14. The number of benzene rings is 2. The van der Waals surface area contributed by atoms with E-state index in [-0.39, 0.29) is 11.9 Å². The molecule has 0 aliphatic carbocycles. The Kier molecular flexibility index (Phi) is 5.32. The van der Waals surface area contributed by atoms with Gasteiger partial charge in [0.05, 0.1) is 10.5 Å². The highest BCUT2D eigenvalue weighted by atomic mass is 127. The van der Waals surface area contributed by atoms with Crippen molar-refractivity contribution in [1.82, 2.24) is 5.43 Å². The molecule has 0 aromatic heterocycles. The fourth-order valence-electron chi connectivity index (χ4n) is 1.92. The molecule has 0 amide bonds. The van der Waals surface area contributed by atoms with Gasteiger partial charge in [-0.2, -0.15) is 0 Å². The Morgan fingerprint density at radius 3 is 2.68 bits per heavy atom. The van der Waals surface area contributed by atoms with Crippen LogP contribution >= 0.6 is 38.5 Å². The molecule has 5 heteroatoms. The van der Waals surface area contributed by atoms with Gasteiger partial charge in [-0.3, -0.25) is 11.3 Å². The lowest BCUT2D eigenvalue weighted by Crippen LogP contribution is -2.29. The minimum Gasteiger partial charge on any atom is -0.271 e. The molecule has 19 heavy (non-hydrogen) atoms. The summed E-state index contributed by atoms with van der Waals surface area (Å²) in [7, 11) is 0. The Bertz CT molecular complexity index is 577. The van der Waals surface area contributed by atoms with Crippen LogP contribution in [0.15, 0.2) is 46.9 Å². The summed E-state index contributed by atoms with van der Waals surface area (Å²) in [4.78, 5) is 0. The number of hydrogen-bond donors (Lipinski definition) is 2. The number of hydrogen-bond acceptors (Lipinski definition) is 2. The molecular weight excluding hydrogens is 422 g/mol. The number of halogens is 3. The Balaban J connectivity index is 2.26. The summed E-state index contributed by atoms with van der Waals surface area (Å²) in [6, 6.07) is 13.1. The third-order valence-electron chi connectivity index (χ3n) is 2.91. The summed E-state index contributed by atoms with van der Waals surface area (Å²) in [5.74, 6) is 5.38. The molecule has 0 bridgehead atoms. The lowest BCUT2D eigenvalue weighted by molar-refractivity contribution is 0.546. The maximum absolute atomic E-state index is 13.5. The van der Waals surface area contributed by atoms with Crippen LogP contribution in [0.3, 0.4) is 0 Å². The standard InChI is InChI=1S/C14H13BrFIN2/c15-14-10(4-2-6-12(14)16)8-13(19-18)9-3-1-5-11(17)7-9/h1-7,13,19H,8,18H2. The highest BCUT2D eigenvalue weighted by Crippen LogP contribution is 2.26. The van der Waals surface area contributed by atoms with Crippen LogP contribution in [-0.2, 0) is 6.42 Å². The Morgan fingerprint density at radius 2 is 2.00 bits per heavy atom. The number of hydrazine groups is 1. The fraction of sp³-hybridized carbons (Fsp3) is 0.143. The first-order chi connectivity index (χ1) is 9.11. The molecule has 2 rings (SSSR count). The monoisotopic (exact) mass is 434 g/mol. The first kappa shape index (κ1) is 14.9. The third kappa shape index (κ3) is 3.75. The van der Waals surface area contributed by atoms with Crippen LogP contribution in [0.4, 0.5) is 4.39 Å². The molecule has 2 nitrogen and oxygen atoms in total. The predicted molar refractivity (Wildman–Crippen MR) is 87.0 cm³/mol. The van der Waals surface area contributed by atoms with Crippen molar-refractivity contribution in [3.8, 4) is 0 Å². The number of rotatable bonds is 4. The molecular formula is C14H13BrFIN2. The maximum Gasteiger partial charge on any atom is 0.137 e. The second-order valence-corrected chi connectivity index (χ2v) is 6.23. The van der Waals surface area contributed by atoms with Gasteiger partial charge in [0, 0.05) is 3.57 Å². The molecule has 1 atom stereocenters. The van der Waals surface area contributed by atoms with E-state index in [1.807, 2.05) is 24.3 Å². The largest absolute Gasteiger partial charge is 0.271 e. The molecule has 0 saturated heterocycles. The Morgan fingerprint density at radius 1 is 1.26 bits per heavy atom. The normalized spacial score (nSPS) is 12.4. The SMILES string of the molecule is NNC(Cc1cccc(F)c1Br)c1cccc(I)c1. The van der Waals surface area contributed by atoms with E-state index >= 15 is 0 Å². The van der Waals surface area contributed by atoms with Gasteiger partial charge in [0.15, 0.2) is 0 Å². The minimum atomic E-state index is -0.254. The molecule has 0 aliphatic rings. The van der Waals surface area contributed by atoms with Crippen LogP contribution in [0.25, 0.3) is 0 Å². The quantitative estimate of drug-likeness (QED) is 0.434. The molecule has 0 fully saturated rings. The van der Waals surface area contributed by atoms with Gasteiger partial charge in [-0.05, 0) is 74.3 Å². The summed E-state index contributed by atoms with van der Waals surface area (Å²) in [5.41, 5.74) is 4.77. The van der Waals surface area contributed by atoms with Crippen LogP contribution in [0.1, 0.15) is 17.2 Å². The van der Waals surface area contributed by atoms with E-state index in [2.05, 4.69) is 50.0 Å². The van der Waals surface area contributed by atoms with Crippen LogP contribution in [0.2, 0.25) is 0 Å². The van der Waals surface area contributed by atoms with E-state index in [1.165, 1.54) is 6.07 Å². The van der Waals surface area contributed by atoms with Crippen molar-refractivity contribution in [1.29, 1.82) is 0 Å². The molecule has 0 spiro atoms. The first-order valence-electron chi connectivity index (χ1n) is 5.76. The summed E-state index contributed by atoms with van der Waals surface area (Å²) in [6.45, 7) is 0. The van der Waals surface area contributed by atoms with E-state index in [4.69, 9.17) is 5.84 Å². The van der Waals surface area contributed by atoms with Gasteiger partial charge in [-0.25, -0.2) is 4.39 Å². The highest BCUT2D eigenvalue weighted by molar-refractivity contribution is 14.1. The second-order valence-electron chi connectivity index (χ2n) is 4.19. The minimum absolute atomic E-state index is 0.0483. The van der Waals surface area contributed by atoms with E-state index in [0.717, 1.165) is 14.7 Å². The van der Waals surface area contributed by atoms with E-state index in [9.17, 15) is 4.39 Å². The smallest absolute Gasteiger partial charge is 0.137 e. The first-order valence-corrected chi connectivity index (χ1v) is 7.63. The van der Waals surface area contributed by atoms with Gasteiger partial charge < -0.3 is 0 Å². The number of nitrogens with one attached hydrogen (secondary N) is 1. The lowest BCUT2D eigenvalue weighted by Gasteiger charge is -2.17. The molecule has 0 saturated carbocycles. The predicted octanol–water partition coefficient (Wildman–Crippen LogP) is 3.94. The van der Waals surface area contributed by atoms with Crippen molar-refractivity contribution in [2.45, 2.75) is 12.5 Å². The second kappa shape index (κ2) is 6.78.